The molecule has 4 amide bonds. The number of carbonyl (C=O) groups is 3. The number of ether oxygens (including phenoxy) is 1. The minimum Gasteiger partial charge on any atom is -0.437 e. The molecule has 6 aromatic heterocycles. The average Bonchev–Trinajstić information content (AvgIpc) is 3.64. The molecule has 1 aliphatic rings. The molecule has 0 radical (unpaired) electrons. The number of hydrogen-bond donors (Lipinski definition) is 2. The van der Waals surface area contributed by atoms with Crippen LogP contribution < -0.4 is 26.0 Å². The first-order valence-electron chi connectivity index (χ1n) is 16.5. The van der Waals surface area contributed by atoms with Crippen molar-refractivity contribution in [3.63, 3.8) is 0 Å². The Hall–Kier alpha value is -6.82. The number of aryl methyl sites for hydroxylation is 3. The van der Waals surface area contributed by atoms with Crippen molar-refractivity contribution in [2.24, 2.45) is 14.1 Å². The number of anilines is 1. The Kier molecular flexibility index (Phi) is 8.73. The standard InChI is InChI=1S/C37H34N10O5/c1-21(2)32-34-28(44(4)37(51)45(34)5)17-31(43-32)52-25-8-9-26(39-19-25)24-15-22(3)33(40-18-24)35(49)38-12-6-7-23-10-14-47-27(16-23)29(20-41-47)46-13-11-30(48)42-36(46)50/h8-10,14-21H,11-13H2,1-5H3,(H,38,49)(H,42,48,50). The number of nitrogens with one attached hydrogen (secondary N) is 2. The van der Waals surface area contributed by atoms with Crippen LogP contribution in [0.1, 0.15) is 53.5 Å². The van der Waals surface area contributed by atoms with Crippen molar-refractivity contribution in [2.45, 2.75) is 33.1 Å². The largest absolute Gasteiger partial charge is 0.437 e. The molecule has 0 spiro atoms. The summed E-state index contributed by atoms with van der Waals surface area (Å²) < 4.78 is 10.9. The summed E-state index contributed by atoms with van der Waals surface area (Å²) in [6, 6.07) is 10.3. The zero-order chi connectivity index (χ0) is 36.7. The van der Waals surface area contributed by atoms with E-state index >= 15 is 0 Å². The highest BCUT2D eigenvalue weighted by molar-refractivity contribution is 6.07. The van der Waals surface area contributed by atoms with Gasteiger partial charge in [-0.05, 0) is 48.7 Å². The molecule has 0 atom stereocenters. The first-order valence-corrected chi connectivity index (χ1v) is 16.5. The second-order valence-corrected chi connectivity index (χ2v) is 12.7. The van der Waals surface area contributed by atoms with Gasteiger partial charge in [-0.15, -0.1) is 0 Å². The Morgan fingerprint density at radius 1 is 1.02 bits per heavy atom. The van der Waals surface area contributed by atoms with E-state index in [2.05, 4.69) is 37.5 Å². The number of rotatable bonds is 7. The van der Waals surface area contributed by atoms with Gasteiger partial charge in [0.2, 0.25) is 11.8 Å². The number of hydrogen-bond acceptors (Lipinski definition) is 9. The van der Waals surface area contributed by atoms with Gasteiger partial charge >= 0.3 is 11.7 Å². The molecule has 0 bridgehead atoms. The number of fused-ring (bicyclic) bond motifs is 2. The summed E-state index contributed by atoms with van der Waals surface area (Å²) in [5.41, 5.74) is 6.35. The van der Waals surface area contributed by atoms with E-state index in [1.54, 1.807) is 89.8 Å². The van der Waals surface area contributed by atoms with Crippen molar-refractivity contribution >= 4 is 40.1 Å². The van der Waals surface area contributed by atoms with Crippen molar-refractivity contribution in [1.82, 2.24) is 44.3 Å². The predicted octanol–water partition coefficient (Wildman–Crippen LogP) is 3.83. The van der Waals surface area contributed by atoms with Crippen molar-refractivity contribution in [3.8, 4) is 34.7 Å². The Morgan fingerprint density at radius 3 is 2.58 bits per heavy atom. The van der Waals surface area contributed by atoms with E-state index in [1.807, 2.05) is 19.9 Å². The highest BCUT2D eigenvalue weighted by Crippen LogP contribution is 2.30. The molecule has 1 aliphatic heterocycles. The monoisotopic (exact) mass is 698 g/mol. The van der Waals surface area contributed by atoms with Crippen molar-refractivity contribution in [2.75, 3.05) is 18.0 Å². The minimum atomic E-state index is -0.492. The zero-order valence-corrected chi connectivity index (χ0v) is 29.1. The number of imide groups is 1. The lowest BCUT2D eigenvalue weighted by Gasteiger charge is -2.25. The van der Waals surface area contributed by atoms with Gasteiger partial charge in [0, 0.05) is 56.6 Å². The number of urea groups is 1. The molecule has 7 heterocycles. The van der Waals surface area contributed by atoms with Crippen LogP contribution in [0.4, 0.5) is 10.5 Å². The molecule has 52 heavy (non-hydrogen) atoms. The summed E-state index contributed by atoms with van der Waals surface area (Å²) in [5.74, 6) is 6.22. The molecular formula is C37H34N10O5. The quantitative estimate of drug-likeness (QED) is 0.235. The van der Waals surface area contributed by atoms with Gasteiger partial charge in [0.15, 0.2) is 0 Å². The molecular weight excluding hydrogens is 664 g/mol. The Morgan fingerprint density at radius 2 is 1.85 bits per heavy atom. The third kappa shape index (κ3) is 6.33. The summed E-state index contributed by atoms with van der Waals surface area (Å²) in [6.45, 7) is 6.18. The number of pyridine rings is 4. The van der Waals surface area contributed by atoms with E-state index in [1.165, 1.54) is 4.90 Å². The fourth-order valence-corrected chi connectivity index (χ4v) is 6.08. The molecule has 262 valence electrons. The highest BCUT2D eigenvalue weighted by atomic mass is 16.5. The van der Waals surface area contributed by atoms with Crippen molar-refractivity contribution < 1.29 is 19.1 Å². The lowest BCUT2D eigenvalue weighted by Crippen LogP contribution is -2.49. The van der Waals surface area contributed by atoms with Gasteiger partial charge in [0.1, 0.15) is 11.4 Å². The van der Waals surface area contributed by atoms with E-state index in [-0.39, 0.29) is 48.6 Å². The predicted molar refractivity (Wildman–Crippen MR) is 192 cm³/mol. The van der Waals surface area contributed by atoms with Crippen LogP contribution in [0, 0.1) is 18.8 Å². The summed E-state index contributed by atoms with van der Waals surface area (Å²) in [7, 11) is 3.46. The van der Waals surface area contributed by atoms with Crippen LogP contribution in [-0.2, 0) is 18.9 Å². The smallest absolute Gasteiger partial charge is 0.328 e. The van der Waals surface area contributed by atoms with Gasteiger partial charge in [-0.1, -0.05) is 25.7 Å². The summed E-state index contributed by atoms with van der Waals surface area (Å²) >= 11 is 0. The van der Waals surface area contributed by atoms with Gasteiger partial charge in [-0.25, -0.2) is 19.1 Å². The molecule has 15 heteroatoms. The van der Waals surface area contributed by atoms with Crippen LogP contribution in [-0.4, -0.2) is 64.6 Å². The fraction of sp³-hybridized carbons (Fsp3) is 0.243. The Labute approximate surface area is 297 Å². The van der Waals surface area contributed by atoms with E-state index < -0.39 is 6.03 Å². The van der Waals surface area contributed by atoms with Gasteiger partial charge in [-0.3, -0.25) is 38.9 Å². The Bertz CT molecular complexity index is 2540. The maximum absolute atomic E-state index is 13.0. The maximum atomic E-state index is 13.0. The summed E-state index contributed by atoms with van der Waals surface area (Å²) in [6.07, 6.45) is 6.69. The fourth-order valence-electron chi connectivity index (χ4n) is 6.08. The summed E-state index contributed by atoms with van der Waals surface area (Å²) in [5, 5.41) is 9.40. The van der Waals surface area contributed by atoms with Crippen LogP contribution in [0.2, 0.25) is 0 Å². The average molecular weight is 699 g/mol. The van der Waals surface area contributed by atoms with E-state index in [9.17, 15) is 19.2 Å². The SMILES string of the molecule is Cc1cc(-c2ccc(Oc3cc4c(c(C(C)C)n3)n(C)c(=O)n4C)cn2)cnc1C(=O)NCC#Cc1ccn2ncc(N3CCC(=O)NC3=O)c2c1. The highest BCUT2D eigenvalue weighted by Gasteiger charge is 2.26. The molecule has 15 nitrogen and oxygen atoms in total. The normalized spacial score (nSPS) is 13.0. The van der Waals surface area contributed by atoms with E-state index in [0.29, 0.717) is 39.7 Å². The van der Waals surface area contributed by atoms with Crippen LogP contribution in [0.3, 0.4) is 0 Å². The maximum Gasteiger partial charge on any atom is 0.328 e. The minimum absolute atomic E-state index is 0.0690. The summed E-state index contributed by atoms with van der Waals surface area (Å²) in [4.78, 5) is 64.6. The van der Waals surface area contributed by atoms with E-state index in [4.69, 9.17) is 9.72 Å². The molecule has 6 aromatic rings. The number of aromatic nitrogens is 7. The van der Waals surface area contributed by atoms with Gasteiger partial charge < -0.3 is 10.1 Å². The second-order valence-electron chi connectivity index (χ2n) is 12.7. The molecule has 1 saturated heterocycles. The number of nitrogens with zero attached hydrogens (tertiary/aromatic N) is 8. The number of carbonyl (C=O) groups excluding carboxylic acids is 3. The molecule has 2 N–H and O–H groups in total. The van der Waals surface area contributed by atoms with Crippen molar-refractivity contribution in [1.29, 1.82) is 0 Å². The van der Waals surface area contributed by atoms with Gasteiger partial charge in [0.25, 0.3) is 5.91 Å². The van der Waals surface area contributed by atoms with E-state index in [0.717, 1.165) is 22.3 Å². The first kappa shape index (κ1) is 33.7. The third-order valence-corrected chi connectivity index (χ3v) is 8.76. The molecule has 0 aromatic carbocycles. The second kappa shape index (κ2) is 13.5. The molecule has 0 aliphatic carbocycles. The van der Waals surface area contributed by atoms with Crippen LogP contribution in [0.5, 0.6) is 11.6 Å². The molecule has 0 saturated carbocycles. The molecule has 1 fully saturated rings. The molecule has 0 unspecified atom stereocenters. The van der Waals surface area contributed by atoms with Gasteiger partial charge in [-0.2, -0.15) is 5.10 Å². The topological polar surface area (TPSA) is 171 Å². The first-order chi connectivity index (χ1) is 25.0. The van der Waals surface area contributed by atoms with Gasteiger partial charge in [0.05, 0.1) is 52.6 Å². The van der Waals surface area contributed by atoms with Crippen LogP contribution >= 0.6 is 0 Å². The Balaban J connectivity index is 0.998. The molecule has 7 rings (SSSR count). The zero-order valence-electron chi connectivity index (χ0n) is 29.1. The van der Waals surface area contributed by atoms with Crippen LogP contribution in [0.25, 0.3) is 27.8 Å². The number of imidazole rings is 1. The number of amides is 4. The van der Waals surface area contributed by atoms with Crippen LogP contribution in [0.15, 0.2) is 66.0 Å². The lowest BCUT2D eigenvalue weighted by atomic mass is 10.1. The van der Waals surface area contributed by atoms with Crippen molar-refractivity contribution in [3.05, 3.63) is 94.2 Å². The lowest BCUT2D eigenvalue weighted by molar-refractivity contribution is -0.120. The third-order valence-electron chi connectivity index (χ3n) is 8.76.